The van der Waals surface area contributed by atoms with E-state index in [1.54, 1.807) is 0 Å². The van der Waals surface area contributed by atoms with Crippen molar-refractivity contribution in [2.45, 2.75) is 44.1 Å². The maximum absolute atomic E-state index is 13.1. The van der Waals surface area contributed by atoms with Crippen LogP contribution >= 0.6 is 11.6 Å². The fraction of sp³-hybridized carbons (Fsp3) is 0.476. The number of aromatic amines is 1. The Kier molecular flexibility index (Phi) is 6.20. The Morgan fingerprint density at radius 1 is 1.00 bits per heavy atom. The van der Waals surface area contributed by atoms with Crippen LogP contribution in [0.5, 0.6) is 0 Å². The van der Waals surface area contributed by atoms with Crippen LogP contribution in [0.2, 0.25) is 5.02 Å². The second kappa shape index (κ2) is 8.70. The fourth-order valence-corrected chi connectivity index (χ4v) is 6.44. The molecule has 0 spiro atoms. The Bertz CT molecular complexity index is 998. The van der Waals surface area contributed by atoms with Gasteiger partial charge in [-0.05, 0) is 55.5 Å². The minimum absolute atomic E-state index is 0.269. The number of H-pyrrole nitrogens is 1. The highest BCUT2D eigenvalue weighted by atomic mass is 35.5. The normalized spacial score (nSPS) is 22.2. The minimum atomic E-state index is -3.68. The maximum atomic E-state index is 13.1. The molecular formula is C21H27ClN4O3S. The lowest BCUT2D eigenvalue weighted by molar-refractivity contribution is -0.122. The molecule has 9 heteroatoms. The molecule has 7 nitrogen and oxygen atoms in total. The maximum Gasteiger partial charge on any atom is 0.282 e. The Hall–Kier alpha value is -1.87. The number of hydrogen-bond donors (Lipinski definition) is 2. The second-order valence-electron chi connectivity index (χ2n) is 8.04. The summed E-state index contributed by atoms with van der Waals surface area (Å²) in [7, 11) is -3.68. The van der Waals surface area contributed by atoms with E-state index < -0.39 is 22.2 Å². The number of aromatic nitrogens is 1. The Labute approximate surface area is 182 Å². The lowest BCUT2D eigenvalue weighted by Crippen LogP contribution is -2.56. The summed E-state index contributed by atoms with van der Waals surface area (Å²) in [4.78, 5) is 15.2. The summed E-state index contributed by atoms with van der Waals surface area (Å²) in [6.45, 7) is 1.23. The summed E-state index contributed by atoms with van der Waals surface area (Å²) in [6, 6.07) is 11.1. The molecule has 2 fully saturated rings. The van der Waals surface area contributed by atoms with Gasteiger partial charge in [-0.3, -0.25) is 4.79 Å². The molecular weight excluding hydrogens is 424 g/mol. The number of nitrogens with one attached hydrogen (secondary N) is 1. The third-order valence-electron chi connectivity index (χ3n) is 6.16. The van der Waals surface area contributed by atoms with Gasteiger partial charge in [-0.2, -0.15) is 17.0 Å². The molecule has 2 aliphatic heterocycles. The predicted octanol–water partition coefficient (Wildman–Crippen LogP) is 3.10. The number of hydrogen-bond acceptors (Lipinski definition) is 3. The number of carbonyl (C=O) groups is 1. The molecule has 0 radical (unpaired) electrons. The van der Waals surface area contributed by atoms with Crippen LogP contribution in [-0.2, 0) is 15.0 Å². The largest absolute Gasteiger partial charge is 0.368 e. The molecule has 1 atom stereocenters. The number of benzene rings is 1. The van der Waals surface area contributed by atoms with Crippen LogP contribution in [0, 0.1) is 0 Å². The van der Waals surface area contributed by atoms with E-state index in [1.807, 2.05) is 30.3 Å². The average molecular weight is 451 g/mol. The first kappa shape index (κ1) is 21.4. The molecule has 0 unspecified atom stereocenters. The van der Waals surface area contributed by atoms with Gasteiger partial charge >= 0.3 is 0 Å². The number of carbonyl (C=O) groups excluding carboxylic acids is 1. The number of rotatable bonds is 5. The highest BCUT2D eigenvalue weighted by Gasteiger charge is 2.40. The van der Waals surface area contributed by atoms with Crippen molar-refractivity contribution in [3.8, 4) is 11.3 Å². The minimum Gasteiger partial charge on any atom is -0.368 e. The highest BCUT2D eigenvalue weighted by Crippen LogP contribution is 2.32. The number of nitrogens with zero attached hydrogens (tertiary/aromatic N) is 2. The molecule has 1 amide bonds. The topological polar surface area (TPSA) is 99.5 Å². The van der Waals surface area contributed by atoms with Gasteiger partial charge in [0.05, 0.1) is 0 Å². The van der Waals surface area contributed by atoms with E-state index in [9.17, 15) is 13.2 Å². The van der Waals surface area contributed by atoms with Crippen molar-refractivity contribution >= 4 is 27.7 Å². The molecule has 2 aliphatic rings. The van der Waals surface area contributed by atoms with Gasteiger partial charge in [-0.25, -0.2) is 0 Å². The van der Waals surface area contributed by atoms with E-state index in [4.69, 9.17) is 17.3 Å². The molecule has 2 saturated heterocycles. The zero-order chi connectivity index (χ0) is 21.3. The zero-order valence-corrected chi connectivity index (χ0v) is 18.3. The Morgan fingerprint density at radius 3 is 2.37 bits per heavy atom. The quantitative estimate of drug-likeness (QED) is 0.731. The van der Waals surface area contributed by atoms with Crippen molar-refractivity contribution in [1.29, 1.82) is 0 Å². The van der Waals surface area contributed by atoms with Gasteiger partial charge in [0, 0.05) is 42.0 Å². The van der Waals surface area contributed by atoms with Gasteiger partial charge in [-0.1, -0.05) is 30.2 Å². The average Bonchev–Trinajstić information content (AvgIpc) is 3.24. The van der Waals surface area contributed by atoms with E-state index in [1.165, 1.54) is 8.61 Å². The molecule has 0 saturated carbocycles. The van der Waals surface area contributed by atoms with Crippen molar-refractivity contribution in [2.75, 3.05) is 19.6 Å². The molecule has 0 bridgehead atoms. The number of halogens is 1. The van der Waals surface area contributed by atoms with E-state index in [2.05, 4.69) is 11.1 Å². The summed E-state index contributed by atoms with van der Waals surface area (Å²) in [5, 5.41) is 0.700. The van der Waals surface area contributed by atoms with E-state index in [0.717, 1.165) is 42.6 Å². The first-order valence-corrected chi connectivity index (χ1v) is 12.1. The summed E-state index contributed by atoms with van der Waals surface area (Å²) < 4.78 is 29.1. The van der Waals surface area contributed by atoms with Crippen molar-refractivity contribution in [3.63, 3.8) is 0 Å². The van der Waals surface area contributed by atoms with Gasteiger partial charge in [0.1, 0.15) is 6.04 Å². The molecule has 30 heavy (non-hydrogen) atoms. The summed E-state index contributed by atoms with van der Waals surface area (Å²) in [5.74, 6) is -0.292. The van der Waals surface area contributed by atoms with Crippen molar-refractivity contribution in [2.24, 2.45) is 5.73 Å². The van der Waals surface area contributed by atoms with Gasteiger partial charge in [0.25, 0.3) is 10.2 Å². The third-order valence-corrected chi connectivity index (χ3v) is 8.46. The van der Waals surface area contributed by atoms with Gasteiger partial charge < -0.3 is 10.7 Å². The Morgan fingerprint density at radius 2 is 1.70 bits per heavy atom. The third kappa shape index (κ3) is 4.27. The monoisotopic (exact) mass is 450 g/mol. The number of primary amides is 1. The van der Waals surface area contributed by atoms with Crippen LogP contribution in [0.15, 0.2) is 36.4 Å². The van der Waals surface area contributed by atoms with E-state index in [0.29, 0.717) is 31.1 Å². The lowest BCUT2D eigenvalue weighted by atomic mass is 9.95. The van der Waals surface area contributed by atoms with Crippen molar-refractivity contribution < 1.29 is 13.2 Å². The second-order valence-corrected chi connectivity index (χ2v) is 10.4. The van der Waals surface area contributed by atoms with Crippen LogP contribution < -0.4 is 5.73 Å². The summed E-state index contributed by atoms with van der Waals surface area (Å²) >= 11 is 5.97. The van der Waals surface area contributed by atoms with Crippen LogP contribution in [0.3, 0.4) is 0 Å². The molecule has 2 aromatic rings. The molecule has 1 aromatic heterocycles. The molecule has 3 heterocycles. The highest BCUT2D eigenvalue weighted by molar-refractivity contribution is 7.86. The first-order chi connectivity index (χ1) is 14.4. The van der Waals surface area contributed by atoms with Crippen molar-refractivity contribution in [3.05, 3.63) is 47.1 Å². The number of amides is 1. The molecule has 3 N–H and O–H groups in total. The fourth-order valence-electron chi connectivity index (χ4n) is 4.46. The van der Waals surface area contributed by atoms with Crippen LogP contribution in [0.25, 0.3) is 11.3 Å². The van der Waals surface area contributed by atoms with Crippen LogP contribution in [0.1, 0.15) is 43.7 Å². The molecule has 4 rings (SSSR count). The van der Waals surface area contributed by atoms with E-state index >= 15 is 0 Å². The van der Waals surface area contributed by atoms with E-state index in [-0.39, 0.29) is 5.92 Å². The summed E-state index contributed by atoms with van der Waals surface area (Å²) in [6.07, 6.45) is 3.55. The van der Waals surface area contributed by atoms with Gasteiger partial charge in [0.15, 0.2) is 0 Å². The summed E-state index contributed by atoms with van der Waals surface area (Å²) in [5.41, 5.74) is 8.67. The van der Waals surface area contributed by atoms with Crippen LogP contribution in [0.4, 0.5) is 0 Å². The molecule has 1 aromatic carbocycles. The number of piperidine rings is 2. The zero-order valence-electron chi connectivity index (χ0n) is 16.8. The van der Waals surface area contributed by atoms with Crippen molar-refractivity contribution in [1.82, 2.24) is 13.6 Å². The Balaban J connectivity index is 1.42. The standard InChI is InChI=1S/C21H27ClN4O3S/c22-17-6-4-15(5-7-17)18-8-9-19(24-18)16-10-13-25(14-11-16)30(28,29)26-12-2-1-3-20(26)21(23)27/h4-9,16,20,24H,1-3,10-14H2,(H2,23,27)/t20-/m1/s1. The predicted molar refractivity (Wildman–Crippen MR) is 117 cm³/mol. The van der Waals surface area contributed by atoms with Gasteiger partial charge in [0.2, 0.25) is 5.91 Å². The molecule has 0 aliphatic carbocycles. The van der Waals surface area contributed by atoms with Crippen LogP contribution in [-0.4, -0.2) is 53.6 Å². The first-order valence-electron chi connectivity index (χ1n) is 10.4. The molecule has 162 valence electrons. The van der Waals surface area contributed by atoms with Gasteiger partial charge in [-0.15, -0.1) is 0 Å². The smallest absolute Gasteiger partial charge is 0.282 e. The lowest BCUT2D eigenvalue weighted by Gasteiger charge is -2.38. The number of nitrogens with two attached hydrogens (primary N) is 1. The SMILES string of the molecule is NC(=O)[C@H]1CCCCN1S(=O)(=O)N1CCC(c2ccc(-c3ccc(Cl)cc3)[nH]2)CC1.